The molecule has 0 amide bonds. The molecule has 130 valence electrons. The molecular weight excluding hydrogens is 306 g/mol. The van der Waals surface area contributed by atoms with Gasteiger partial charge < -0.3 is 19.7 Å². The number of piperidine rings is 1. The molecular formula is C19H25NO4. The van der Waals surface area contributed by atoms with Crippen LogP contribution in [0.5, 0.6) is 11.5 Å². The molecule has 3 aliphatic heterocycles. The van der Waals surface area contributed by atoms with Crippen molar-refractivity contribution in [2.45, 2.75) is 37.8 Å². The summed E-state index contributed by atoms with van der Waals surface area (Å²) in [6.07, 6.45) is 3.66. The summed E-state index contributed by atoms with van der Waals surface area (Å²) in [4.78, 5) is 2.61. The number of rotatable bonds is 1. The molecule has 1 aromatic rings. The predicted octanol–water partition coefficient (Wildman–Crippen LogP) is 1.71. The zero-order valence-corrected chi connectivity index (χ0v) is 13.9. The van der Waals surface area contributed by atoms with Crippen LogP contribution in [0.1, 0.15) is 36.4 Å². The van der Waals surface area contributed by atoms with E-state index < -0.39 is 0 Å². The number of nitrogens with zero attached hydrogens (tertiary/aromatic N) is 1. The number of ether oxygens (including phenoxy) is 2. The summed E-state index contributed by atoms with van der Waals surface area (Å²) in [7, 11) is 0. The molecule has 1 saturated heterocycles. The smallest absolute Gasteiger partial charge is 0.231 e. The van der Waals surface area contributed by atoms with Crippen LogP contribution in [-0.4, -0.2) is 47.7 Å². The standard InChI is InChI=1S/C19H25NO4/c21-9-15-13-6-16-14-7-19-18(23-10-24-19)5-11(14)3-4-20(16)8-12(13)1-2-17(15)22/h5,7,12-13,15-17,21-22H,1-4,6,8-10H2/t12-,13+,15+,16+,17-/m1/s1. The van der Waals surface area contributed by atoms with Crippen LogP contribution in [0.15, 0.2) is 12.1 Å². The number of hydrogen-bond donors (Lipinski definition) is 2. The van der Waals surface area contributed by atoms with Gasteiger partial charge in [0, 0.05) is 31.7 Å². The van der Waals surface area contributed by atoms with Crippen molar-refractivity contribution in [3.63, 3.8) is 0 Å². The lowest BCUT2D eigenvalue weighted by Gasteiger charge is -2.52. The second kappa shape index (κ2) is 5.61. The number of fused-ring (bicyclic) bond motifs is 5. The molecule has 1 saturated carbocycles. The van der Waals surface area contributed by atoms with Crippen LogP contribution in [-0.2, 0) is 6.42 Å². The second-order valence-corrected chi connectivity index (χ2v) is 7.82. The Hall–Kier alpha value is -1.30. The van der Waals surface area contributed by atoms with Gasteiger partial charge in [-0.25, -0.2) is 0 Å². The Morgan fingerprint density at radius 3 is 2.83 bits per heavy atom. The van der Waals surface area contributed by atoms with E-state index in [9.17, 15) is 10.2 Å². The van der Waals surface area contributed by atoms with Crippen molar-refractivity contribution in [3.05, 3.63) is 23.3 Å². The van der Waals surface area contributed by atoms with E-state index in [0.29, 0.717) is 24.7 Å². The fraction of sp³-hybridized carbons (Fsp3) is 0.684. The maximum Gasteiger partial charge on any atom is 0.231 e. The summed E-state index contributed by atoms with van der Waals surface area (Å²) >= 11 is 0. The van der Waals surface area contributed by atoms with Crippen LogP contribution in [0, 0.1) is 17.8 Å². The van der Waals surface area contributed by atoms with Gasteiger partial charge in [0.05, 0.1) is 6.10 Å². The largest absolute Gasteiger partial charge is 0.454 e. The van der Waals surface area contributed by atoms with E-state index in [2.05, 4.69) is 17.0 Å². The van der Waals surface area contributed by atoms with E-state index in [1.165, 1.54) is 11.1 Å². The van der Waals surface area contributed by atoms with Crippen LogP contribution < -0.4 is 9.47 Å². The monoisotopic (exact) mass is 331 g/mol. The Bertz CT molecular complexity index is 648. The van der Waals surface area contributed by atoms with Gasteiger partial charge in [0.15, 0.2) is 11.5 Å². The summed E-state index contributed by atoms with van der Waals surface area (Å²) in [5.74, 6) is 2.79. The quantitative estimate of drug-likeness (QED) is 0.820. The van der Waals surface area contributed by atoms with Gasteiger partial charge >= 0.3 is 0 Å². The third-order valence-electron chi connectivity index (χ3n) is 6.76. The van der Waals surface area contributed by atoms with Crippen molar-refractivity contribution >= 4 is 0 Å². The van der Waals surface area contributed by atoms with Gasteiger partial charge in [0.2, 0.25) is 6.79 Å². The number of benzene rings is 1. The van der Waals surface area contributed by atoms with Gasteiger partial charge in [-0.05, 0) is 60.8 Å². The molecule has 5 heteroatoms. The van der Waals surface area contributed by atoms with Gasteiger partial charge in [0.1, 0.15) is 0 Å². The third-order valence-corrected chi connectivity index (χ3v) is 6.76. The minimum Gasteiger partial charge on any atom is -0.454 e. The second-order valence-electron chi connectivity index (χ2n) is 7.82. The first kappa shape index (κ1) is 15.0. The van der Waals surface area contributed by atoms with E-state index in [-0.39, 0.29) is 18.6 Å². The van der Waals surface area contributed by atoms with Crippen LogP contribution in [0.25, 0.3) is 0 Å². The lowest BCUT2D eigenvalue weighted by molar-refractivity contribution is -0.0720. The molecule has 0 aromatic heterocycles. The highest BCUT2D eigenvalue weighted by molar-refractivity contribution is 5.50. The molecule has 24 heavy (non-hydrogen) atoms. The fourth-order valence-corrected chi connectivity index (χ4v) is 5.50. The van der Waals surface area contributed by atoms with E-state index in [4.69, 9.17) is 9.47 Å². The van der Waals surface area contributed by atoms with Gasteiger partial charge in [-0.15, -0.1) is 0 Å². The SMILES string of the molecule is OC[C@H]1[C@H]2C[C@H]3c4cc5c(cc4CCN3C[C@H]2CC[C@H]1O)OCO5. The number of hydrogen-bond acceptors (Lipinski definition) is 5. The lowest BCUT2D eigenvalue weighted by atomic mass is 9.64. The molecule has 5 nitrogen and oxygen atoms in total. The van der Waals surface area contributed by atoms with Crippen molar-refractivity contribution in [1.29, 1.82) is 0 Å². The van der Waals surface area contributed by atoms with Crippen molar-refractivity contribution in [2.75, 3.05) is 26.5 Å². The summed E-state index contributed by atoms with van der Waals surface area (Å²) in [5.41, 5.74) is 2.73. The molecule has 2 fully saturated rings. The molecule has 5 rings (SSSR count). The number of aliphatic hydroxyl groups excluding tert-OH is 2. The Labute approximate surface area is 142 Å². The molecule has 0 bridgehead atoms. The predicted molar refractivity (Wildman–Crippen MR) is 88.0 cm³/mol. The Morgan fingerprint density at radius 2 is 2.00 bits per heavy atom. The molecule has 3 heterocycles. The molecule has 0 unspecified atom stereocenters. The topological polar surface area (TPSA) is 62.2 Å². The normalized spacial score (nSPS) is 37.5. The maximum atomic E-state index is 10.3. The Balaban J connectivity index is 1.49. The minimum atomic E-state index is -0.345. The minimum absolute atomic E-state index is 0.0327. The van der Waals surface area contributed by atoms with Crippen molar-refractivity contribution < 1.29 is 19.7 Å². The van der Waals surface area contributed by atoms with Crippen molar-refractivity contribution in [3.8, 4) is 11.5 Å². The van der Waals surface area contributed by atoms with Gasteiger partial charge in [-0.3, -0.25) is 4.90 Å². The molecule has 1 aromatic carbocycles. The third kappa shape index (κ3) is 2.18. The zero-order chi connectivity index (χ0) is 16.3. The summed E-state index contributed by atoms with van der Waals surface area (Å²) in [6.45, 7) is 2.60. The molecule has 4 aliphatic rings. The zero-order valence-electron chi connectivity index (χ0n) is 13.9. The molecule has 1 aliphatic carbocycles. The van der Waals surface area contributed by atoms with Crippen LogP contribution in [0.4, 0.5) is 0 Å². The van der Waals surface area contributed by atoms with Crippen LogP contribution in [0.3, 0.4) is 0 Å². The summed E-state index contributed by atoms with van der Waals surface area (Å²) in [6, 6.07) is 4.70. The van der Waals surface area contributed by atoms with E-state index in [0.717, 1.165) is 50.3 Å². The first-order chi connectivity index (χ1) is 11.7. The molecule has 2 N–H and O–H groups in total. The van der Waals surface area contributed by atoms with Gasteiger partial charge in [-0.2, -0.15) is 0 Å². The van der Waals surface area contributed by atoms with E-state index in [1.54, 1.807) is 0 Å². The van der Waals surface area contributed by atoms with E-state index >= 15 is 0 Å². The highest BCUT2D eigenvalue weighted by atomic mass is 16.7. The first-order valence-electron chi connectivity index (χ1n) is 9.20. The first-order valence-corrected chi connectivity index (χ1v) is 9.20. The van der Waals surface area contributed by atoms with Gasteiger partial charge in [0.25, 0.3) is 0 Å². The lowest BCUT2D eigenvalue weighted by Crippen LogP contribution is -2.52. The van der Waals surface area contributed by atoms with Crippen molar-refractivity contribution in [1.82, 2.24) is 4.90 Å². The van der Waals surface area contributed by atoms with Crippen LogP contribution in [0.2, 0.25) is 0 Å². The Kier molecular flexibility index (Phi) is 3.51. The summed E-state index contributed by atoms with van der Waals surface area (Å²) in [5, 5.41) is 20.1. The fourth-order valence-electron chi connectivity index (χ4n) is 5.50. The average Bonchev–Trinajstić information content (AvgIpc) is 3.06. The highest BCUT2D eigenvalue weighted by Crippen LogP contribution is 2.50. The van der Waals surface area contributed by atoms with Crippen LogP contribution >= 0.6 is 0 Å². The molecule has 5 atom stereocenters. The Morgan fingerprint density at radius 1 is 1.17 bits per heavy atom. The summed E-state index contributed by atoms with van der Waals surface area (Å²) < 4.78 is 11.1. The maximum absolute atomic E-state index is 10.3. The average molecular weight is 331 g/mol. The van der Waals surface area contributed by atoms with E-state index in [1.807, 2.05) is 0 Å². The van der Waals surface area contributed by atoms with Crippen molar-refractivity contribution in [2.24, 2.45) is 17.8 Å². The molecule has 0 radical (unpaired) electrons. The number of aliphatic hydroxyl groups is 2. The van der Waals surface area contributed by atoms with Gasteiger partial charge in [-0.1, -0.05) is 0 Å². The highest BCUT2D eigenvalue weighted by Gasteiger charge is 2.46. The molecule has 0 spiro atoms.